The molecular weight excluding hydrogens is 979 g/mol. The van der Waals surface area contributed by atoms with Gasteiger partial charge in [-0.3, -0.25) is 0 Å². The maximum absolute atomic E-state index is 4.96. The standard InChI is InChI=1S/C44H35N2.C17H16N.CH4.Ir/c1-44(2)39-15-5-3-13-33(39)36-23-37-34-14-4-6-16-42(34)46(43(37)25-40(36)44)32-12-8-10-30(22-32)29-9-7-11-31(21-29)41-24-35-27-17-19-28(20-18-27)38(35)26-45-41;1-2-10-18-17(3-1)14-8-9-15-12-4-6-13(7-5-12)16(15)11-14;;/h3-10,12-16,21-28H,17-20H2,1-2H3;1-3,9-13H,4-7H2;1H4;/q2*-1;;. The third kappa shape index (κ3) is 6.86. The van der Waals surface area contributed by atoms with Crippen molar-refractivity contribution < 1.29 is 20.1 Å². The molecule has 0 N–H and O–H groups in total. The molecule has 0 saturated heterocycles. The van der Waals surface area contributed by atoms with Crippen LogP contribution in [0.25, 0.3) is 72.3 Å². The topological polar surface area (TPSA) is 30.7 Å². The first-order valence-corrected chi connectivity index (χ1v) is 23.7. The van der Waals surface area contributed by atoms with Crippen LogP contribution in [0.3, 0.4) is 0 Å². The van der Waals surface area contributed by atoms with Crippen LogP contribution in [-0.4, -0.2) is 14.5 Å². The molecular formula is C62H55IrN3-2. The van der Waals surface area contributed by atoms with Crippen LogP contribution < -0.4 is 0 Å². The minimum atomic E-state index is -0.0511. The average molecular weight is 1030 g/mol. The van der Waals surface area contributed by atoms with Crippen molar-refractivity contribution in [3.05, 3.63) is 197 Å². The predicted octanol–water partition coefficient (Wildman–Crippen LogP) is 16.3. The summed E-state index contributed by atoms with van der Waals surface area (Å²) < 4.78 is 2.46. The Morgan fingerprint density at radius 2 is 1.20 bits per heavy atom. The van der Waals surface area contributed by atoms with Gasteiger partial charge in [-0.25, -0.2) is 0 Å². The Balaban J connectivity index is 0.000000202. The van der Waals surface area contributed by atoms with E-state index in [9.17, 15) is 0 Å². The third-order valence-electron chi connectivity index (χ3n) is 16.0. The van der Waals surface area contributed by atoms with Crippen LogP contribution in [0.2, 0.25) is 0 Å². The number of fused-ring (bicyclic) bond motifs is 10. The first-order valence-electron chi connectivity index (χ1n) is 23.7. The van der Waals surface area contributed by atoms with Gasteiger partial charge in [0.25, 0.3) is 0 Å². The largest absolute Gasteiger partial charge is 0.309 e. The van der Waals surface area contributed by atoms with Crippen molar-refractivity contribution in [3.63, 3.8) is 0 Å². The summed E-state index contributed by atoms with van der Waals surface area (Å²) in [6, 6.07) is 58.2. The SMILES string of the molecule is C.CC1(C)c2ccccc2-c2cc3c4ccccc4n(-c4cccc(-c5cc[c-]c(-c6cc7c(cn6)C6CCC7CC6)c5)c4)c3cc21.[Ir].[c-]1cc2c(cc1-c1ccccn1)C1CCC2CC1. The number of pyridine rings is 2. The molecule has 3 heterocycles. The molecule has 2 fully saturated rings. The molecule has 4 heteroatoms. The van der Waals surface area contributed by atoms with E-state index < -0.39 is 0 Å². The van der Waals surface area contributed by atoms with E-state index in [4.69, 9.17) is 4.98 Å². The number of benzene rings is 6. The Morgan fingerprint density at radius 1 is 0.515 bits per heavy atom. The summed E-state index contributed by atoms with van der Waals surface area (Å²) >= 11 is 0. The molecule has 6 aromatic carbocycles. The molecule has 66 heavy (non-hydrogen) atoms. The second kappa shape index (κ2) is 16.7. The second-order valence-electron chi connectivity index (χ2n) is 19.7. The van der Waals surface area contributed by atoms with E-state index in [1.807, 2.05) is 18.3 Å². The Labute approximate surface area is 403 Å². The zero-order valence-electron chi connectivity index (χ0n) is 37.1. The summed E-state index contributed by atoms with van der Waals surface area (Å²) in [7, 11) is 0. The van der Waals surface area contributed by atoms with Crippen molar-refractivity contribution in [2.45, 2.75) is 102 Å². The van der Waals surface area contributed by atoms with Gasteiger partial charge in [0.15, 0.2) is 0 Å². The minimum Gasteiger partial charge on any atom is -0.309 e. The zero-order chi connectivity index (χ0) is 42.5. The van der Waals surface area contributed by atoms with Gasteiger partial charge in [-0.2, -0.15) is 0 Å². The number of nitrogens with zero attached hydrogens (tertiary/aromatic N) is 3. The van der Waals surface area contributed by atoms with Crippen LogP contribution >= 0.6 is 0 Å². The van der Waals surface area contributed by atoms with Crippen molar-refractivity contribution in [3.8, 4) is 50.5 Å². The molecule has 9 aromatic rings. The van der Waals surface area contributed by atoms with Gasteiger partial charge in [-0.1, -0.05) is 113 Å². The molecule has 0 atom stereocenters. The van der Waals surface area contributed by atoms with Crippen molar-refractivity contribution in [2.24, 2.45) is 0 Å². The van der Waals surface area contributed by atoms with Gasteiger partial charge >= 0.3 is 0 Å². The van der Waals surface area contributed by atoms with E-state index in [0.717, 1.165) is 34.4 Å². The second-order valence-corrected chi connectivity index (χ2v) is 19.7. The molecule has 0 unspecified atom stereocenters. The maximum Gasteiger partial charge on any atom is 0.0544 e. The summed E-state index contributed by atoms with van der Waals surface area (Å²) in [6.45, 7) is 4.73. The van der Waals surface area contributed by atoms with Crippen molar-refractivity contribution in [1.82, 2.24) is 14.5 Å². The van der Waals surface area contributed by atoms with Gasteiger partial charge < -0.3 is 14.5 Å². The first kappa shape index (κ1) is 42.7. The third-order valence-corrected chi connectivity index (χ3v) is 16.0. The molecule has 16 rings (SSSR count). The van der Waals surface area contributed by atoms with Gasteiger partial charge in [-0.15, -0.1) is 70.3 Å². The van der Waals surface area contributed by atoms with Crippen molar-refractivity contribution in [2.75, 3.05) is 0 Å². The molecule has 7 aliphatic rings. The molecule has 1 radical (unpaired) electrons. The number of aromatic nitrogens is 3. The number of para-hydroxylation sites is 1. The van der Waals surface area contributed by atoms with Crippen LogP contribution in [-0.2, 0) is 25.5 Å². The van der Waals surface area contributed by atoms with Crippen molar-refractivity contribution >= 4 is 21.8 Å². The Kier molecular flexibility index (Phi) is 10.8. The van der Waals surface area contributed by atoms with E-state index in [1.54, 1.807) is 11.1 Å². The number of hydrogen-bond donors (Lipinski definition) is 0. The summed E-state index contributed by atoms with van der Waals surface area (Å²) in [5.41, 5.74) is 22.0. The first-order chi connectivity index (χ1) is 31.5. The predicted molar refractivity (Wildman–Crippen MR) is 269 cm³/mol. The molecule has 2 saturated carbocycles. The van der Waals surface area contributed by atoms with Crippen molar-refractivity contribution in [1.29, 1.82) is 0 Å². The minimum absolute atomic E-state index is 0. The Bertz CT molecular complexity index is 3290. The van der Waals surface area contributed by atoms with Crippen LogP contribution in [0.1, 0.15) is 130 Å². The number of hydrogen-bond acceptors (Lipinski definition) is 2. The molecule has 3 nitrogen and oxygen atoms in total. The molecule has 7 aliphatic carbocycles. The smallest absolute Gasteiger partial charge is 0.0544 e. The average Bonchev–Trinajstić information content (AvgIpc) is 3.81. The van der Waals surface area contributed by atoms with E-state index in [2.05, 4.69) is 169 Å². The monoisotopic (exact) mass is 1030 g/mol. The normalized spacial score (nSPS) is 20.0. The van der Waals surface area contributed by atoms with E-state index in [1.165, 1.54) is 123 Å². The molecule has 3 aromatic heterocycles. The molecule has 4 bridgehead atoms. The number of rotatable bonds is 4. The molecule has 0 amide bonds. The molecule has 0 spiro atoms. The summed E-state index contributed by atoms with van der Waals surface area (Å²) in [5.74, 6) is 3.01. The Morgan fingerprint density at radius 3 is 1.98 bits per heavy atom. The van der Waals surface area contributed by atoms with Crippen LogP contribution in [0.15, 0.2) is 152 Å². The van der Waals surface area contributed by atoms with Crippen LogP contribution in [0, 0.1) is 12.1 Å². The van der Waals surface area contributed by atoms with Gasteiger partial charge in [0, 0.05) is 54.4 Å². The fraction of sp³-hybridized carbons (Fsp3) is 0.258. The maximum atomic E-state index is 4.96. The summed E-state index contributed by atoms with van der Waals surface area (Å²) in [4.78, 5) is 9.39. The molecule has 329 valence electrons. The summed E-state index contributed by atoms with van der Waals surface area (Å²) in [6.07, 6.45) is 14.9. The summed E-state index contributed by atoms with van der Waals surface area (Å²) in [5, 5.41) is 2.59. The van der Waals surface area contributed by atoms with Crippen LogP contribution in [0.5, 0.6) is 0 Å². The quantitative estimate of drug-likeness (QED) is 0.165. The van der Waals surface area contributed by atoms with Gasteiger partial charge in [0.05, 0.1) is 11.0 Å². The fourth-order valence-corrected chi connectivity index (χ4v) is 12.7. The van der Waals surface area contributed by atoms with E-state index in [0.29, 0.717) is 11.8 Å². The fourth-order valence-electron chi connectivity index (χ4n) is 12.7. The molecule has 0 aliphatic heterocycles. The Hall–Kier alpha value is -5.93. The zero-order valence-corrected chi connectivity index (χ0v) is 39.5. The van der Waals surface area contributed by atoms with E-state index in [-0.39, 0.29) is 32.9 Å². The van der Waals surface area contributed by atoms with Gasteiger partial charge in [-0.05, 0) is 143 Å². The van der Waals surface area contributed by atoms with Gasteiger partial charge in [0.2, 0.25) is 0 Å². The van der Waals surface area contributed by atoms with E-state index >= 15 is 0 Å². The van der Waals surface area contributed by atoms with Gasteiger partial charge in [0.1, 0.15) is 0 Å². The van der Waals surface area contributed by atoms with Crippen LogP contribution in [0.4, 0.5) is 0 Å².